The van der Waals surface area contributed by atoms with Crippen molar-refractivity contribution in [1.29, 1.82) is 5.26 Å². The number of halogens is 2. The number of nitrogens with two attached hydrogens (primary N) is 1. The number of nitrogens with zero attached hydrogens (tertiary/aromatic N) is 6. The molecule has 6 aliphatic rings. The van der Waals surface area contributed by atoms with E-state index in [2.05, 4.69) is 20.8 Å². The molecule has 1 aliphatic carbocycles. The molecule has 2 aromatic heterocycles. The van der Waals surface area contributed by atoms with Gasteiger partial charge in [0, 0.05) is 41.7 Å². The molecule has 0 radical (unpaired) electrons. The van der Waals surface area contributed by atoms with Gasteiger partial charge in [-0.25, -0.2) is 8.78 Å². The Morgan fingerprint density at radius 1 is 1.20 bits per heavy atom. The highest BCUT2D eigenvalue weighted by Crippen LogP contribution is 2.62. The Bertz CT molecular complexity index is 2110. The fourth-order valence-corrected chi connectivity index (χ4v) is 11.3. The lowest BCUT2D eigenvalue weighted by molar-refractivity contribution is -0.185. The Morgan fingerprint density at radius 3 is 2.84 bits per heavy atom. The van der Waals surface area contributed by atoms with Crippen LogP contribution in [-0.4, -0.2) is 93.1 Å². The van der Waals surface area contributed by atoms with E-state index in [0.717, 1.165) is 54.6 Å². The van der Waals surface area contributed by atoms with E-state index in [1.165, 1.54) is 11.3 Å². The van der Waals surface area contributed by atoms with Crippen molar-refractivity contribution in [3.8, 4) is 23.2 Å². The van der Waals surface area contributed by atoms with Gasteiger partial charge in [-0.3, -0.25) is 9.80 Å². The van der Waals surface area contributed by atoms with Crippen LogP contribution in [0.4, 0.5) is 19.6 Å². The van der Waals surface area contributed by atoms with E-state index in [1.54, 1.807) is 0 Å². The number of aliphatic hydroxyl groups is 1. The zero-order chi connectivity index (χ0) is 33.4. The number of nitriles is 1. The minimum atomic E-state index is -0.900. The third kappa shape index (κ3) is 3.92. The average molecular weight is 686 g/mol. The van der Waals surface area contributed by atoms with Crippen LogP contribution >= 0.6 is 11.3 Å². The van der Waals surface area contributed by atoms with Gasteiger partial charge in [-0.15, -0.1) is 11.3 Å². The third-order valence-electron chi connectivity index (χ3n) is 12.5. The van der Waals surface area contributed by atoms with E-state index in [0.29, 0.717) is 57.8 Å². The van der Waals surface area contributed by atoms with E-state index in [-0.39, 0.29) is 49.0 Å². The fraction of sp³-hybridized carbons (Fsp3) is 0.528. The quantitative estimate of drug-likeness (QED) is 0.278. The van der Waals surface area contributed by atoms with Crippen LogP contribution in [0.2, 0.25) is 0 Å². The van der Waals surface area contributed by atoms with Gasteiger partial charge in [-0.05, 0) is 61.9 Å². The largest absolute Gasteiger partial charge is 0.461 e. The van der Waals surface area contributed by atoms with Gasteiger partial charge in [0.2, 0.25) is 0 Å². The number of fused-ring (bicyclic) bond motifs is 5. The van der Waals surface area contributed by atoms with Crippen molar-refractivity contribution in [1.82, 2.24) is 19.8 Å². The number of rotatable bonds is 7. The summed E-state index contributed by atoms with van der Waals surface area (Å²) < 4.78 is 45.4. The van der Waals surface area contributed by atoms with Crippen LogP contribution in [0, 0.1) is 17.1 Å². The summed E-state index contributed by atoms with van der Waals surface area (Å²) in [7, 11) is 0. The molecule has 4 unspecified atom stereocenters. The van der Waals surface area contributed by atoms with Crippen LogP contribution in [0.1, 0.15) is 55.7 Å². The molecular weight excluding hydrogens is 649 g/mol. The molecule has 6 atom stereocenters. The maximum atomic E-state index is 17.5. The number of hydrogen-bond acceptors (Lipinski definition) is 11. The lowest BCUT2D eigenvalue weighted by Crippen LogP contribution is -2.96. The number of anilines is 2. The molecule has 7 heterocycles. The highest BCUT2D eigenvalue weighted by atomic mass is 32.1. The maximum Gasteiger partial charge on any atom is 0.319 e. The van der Waals surface area contributed by atoms with E-state index < -0.39 is 23.6 Å². The average Bonchev–Trinajstić information content (AvgIpc) is 3.82. The van der Waals surface area contributed by atoms with Crippen molar-refractivity contribution in [3.63, 3.8) is 0 Å². The van der Waals surface area contributed by atoms with Crippen molar-refractivity contribution in [3.05, 3.63) is 40.7 Å². The van der Waals surface area contributed by atoms with Gasteiger partial charge in [-0.1, -0.05) is 12.1 Å². The zero-order valence-corrected chi connectivity index (χ0v) is 28.0. The Balaban J connectivity index is 1.15. The van der Waals surface area contributed by atoms with E-state index in [9.17, 15) is 14.8 Å². The number of alkyl halides is 1. The monoisotopic (exact) mass is 685 g/mol. The SMILES string of the molecule is C[C@H](O)CN1CC2N(c3nc(OC[C@@]45CCCN4CC(F)C5)nc4c(F)c(-c5cccc6sc(N)c(C#N)c56)c5c(c34)COC5)C3CCC321. The summed E-state index contributed by atoms with van der Waals surface area (Å²) in [4.78, 5) is 16.8. The summed E-state index contributed by atoms with van der Waals surface area (Å²) in [5.74, 6) is 0.143. The summed E-state index contributed by atoms with van der Waals surface area (Å²) in [6.07, 6.45) is 2.93. The number of likely N-dealkylation sites (tertiary alicyclic amines) is 1. The molecule has 13 heteroatoms. The first kappa shape index (κ1) is 30.2. The second kappa shape index (κ2) is 10.4. The number of piperazine rings is 1. The van der Waals surface area contributed by atoms with Crippen molar-refractivity contribution in [2.75, 3.05) is 43.4 Å². The number of piperidine rings is 1. The predicted octanol–water partition coefficient (Wildman–Crippen LogP) is 4.88. The second-order valence-electron chi connectivity index (χ2n) is 14.9. The highest BCUT2D eigenvalue weighted by molar-refractivity contribution is 7.23. The number of nitrogen functional groups attached to an aromatic ring is 1. The van der Waals surface area contributed by atoms with Crippen LogP contribution in [0.5, 0.6) is 6.01 Å². The number of aliphatic hydroxyl groups excluding tert-OH is 1. The van der Waals surface area contributed by atoms with Crippen molar-refractivity contribution in [2.24, 2.45) is 0 Å². The molecule has 2 aromatic carbocycles. The van der Waals surface area contributed by atoms with Crippen molar-refractivity contribution in [2.45, 2.75) is 87.7 Å². The molecule has 254 valence electrons. The summed E-state index contributed by atoms with van der Waals surface area (Å²) in [6.45, 7) is 5.21. The predicted molar refractivity (Wildman–Crippen MR) is 182 cm³/mol. The third-order valence-corrected chi connectivity index (χ3v) is 13.5. The zero-order valence-electron chi connectivity index (χ0n) is 27.2. The van der Waals surface area contributed by atoms with E-state index >= 15 is 4.39 Å². The van der Waals surface area contributed by atoms with Gasteiger partial charge >= 0.3 is 6.01 Å². The maximum absolute atomic E-state index is 17.5. The minimum Gasteiger partial charge on any atom is -0.461 e. The Hall–Kier alpha value is -3.67. The lowest BCUT2D eigenvalue weighted by atomic mass is 9.52. The molecular formula is C36H37F2N7O3S. The molecule has 3 N–H and O–H groups in total. The van der Waals surface area contributed by atoms with Gasteiger partial charge < -0.3 is 25.2 Å². The number of aromatic nitrogens is 2. The molecule has 5 aliphatic heterocycles. The van der Waals surface area contributed by atoms with Gasteiger partial charge in [0.05, 0.1) is 53.4 Å². The van der Waals surface area contributed by atoms with Crippen LogP contribution in [0.3, 0.4) is 0 Å². The molecule has 4 aromatic rings. The molecule has 10 nitrogen and oxygen atoms in total. The van der Waals surface area contributed by atoms with Gasteiger partial charge in [0.15, 0.2) is 5.82 Å². The molecule has 0 amide bonds. The van der Waals surface area contributed by atoms with Gasteiger partial charge in [-0.2, -0.15) is 15.2 Å². The van der Waals surface area contributed by atoms with Gasteiger partial charge in [0.1, 0.15) is 35.2 Å². The first-order chi connectivity index (χ1) is 23.7. The number of hydrogen-bond donors (Lipinski definition) is 2. The summed E-state index contributed by atoms with van der Waals surface area (Å²) >= 11 is 1.32. The Morgan fingerprint density at radius 2 is 2.06 bits per heavy atom. The highest BCUT2D eigenvalue weighted by Gasteiger charge is 2.75. The van der Waals surface area contributed by atoms with Crippen molar-refractivity contribution >= 4 is 43.1 Å². The number of benzene rings is 2. The number of ether oxygens (including phenoxy) is 2. The lowest BCUT2D eigenvalue weighted by Gasteiger charge is -2.81. The molecule has 1 spiro atoms. The van der Waals surface area contributed by atoms with Crippen molar-refractivity contribution < 1.29 is 23.4 Å². The molecule has 5 fully saturated rings. The Labute approximate surface area is 286 Å². The van der Waals surface area contributed by atoms with Crippen LogP contribution < -0.4 is 15.4 Å². The molecule has 10 rings (SSSR count). The summed E-state index contributed by atoms with van der Waals surface area (Å²) in [5, 5.41) is 21.9. The molecule has 0 bridgehead atoms. The smallest absolute Gasteiger partial charge is 0.319 e. The van der Waals surface area contributed by atoms with E-state index in [1.807, 2.05) is 25.1 Å². The van der Waals surface area contributed by atoms with Crippen LogP contribution in [0.25, 0.3) is 32.1 Å². The van der Waals surface area contributed by atoms with Gasteiger partial charge in [0.25, 0.3) is 0 Å². The molecule has 4 saturated heterocycles. The Kier molecular flexibility index (Phi) is 6.42. The topological polar surface area (TPSA) is 124 Å². The number of thiophene rings is 1. The normalized spacial score (nSPS) is 30.7. The molecule has 49 heavy (non-hydrogen) atoms. The minimum absolute atomic E-state index is 0.00103. The van der Waals surface area contributed by atoms with E-state index in [4.69, 9.17) is 25.2 Å². The van der Waals surface area contributed by atoms with Crippen LogP contribution in [-0.2, 0) is 18.0 Å². The standard InChI is InChI=1S/C36H37F2N7O3S/c1-18(46)12-44-14-26-36(44)8-6-25(36)45(26)33-29-23-16-47-15-22(23)28(20-4-2-5-24-27(20)21(11-39)32(40)49-24)30(38)31(29)41-34(42-33)48-17-35-7-3-9-43(35)13-19(37)10-35/h2,4-5,18-19,25-26,46H,3,6-10,12-17,40H2,1H3/t18-,19?,25?,26?,35-,36?/m0/s1. The first-order valence-corrected chi connectivity index (χ1v) is 18.1. The van der Waals surface area contributed by atoms with Crippen LogP contribution in [0.15, 0.2) is 18.2 Å². The molecule has 1 saturated carbocycles. The summed E-state index contributed by atoms with van der Waals surface area (Å²) in [6, 6.07) is 8.28. The summed E-state index contributed by atoms with van der Waals surface area (Å²) in [5.41, 5.74) is 8.87. The fourth-order valence-electron chi connectivity index (χ4n) is 10.3. The second-order valence-corrected chi connectivity index (χ2v) is 16.0. The number of β-amino-alcohol motifs (C(OH)–C–C–N with tert-alkyl or cyclic N) is 1. The first-order valence-electron chi connectivity index (χ1n) is 17.3.